The predicted octanol–water partition coefficient (Wildman–Crippen LogP) is 3.78. The number of sulfonamides is 1. The number of benzene rings is 3. The highest BCUT2D eigenvalue weighted by Crippen LogP contribution is 2.29. The van der Waals surface area contributed by atoms with Gasteiger partial charge in [0.25, 0.3) is 15.9 Å². The van der Waals surface area contributed by atoms with Crippen molar-refractivity contribution in [3.63, 3.8) is 0 Å². The van der Waals surface area contributed by atoms with Crippen LogP contribution in [0, 0.1) is 0 Å². The molecule has 0 unspecified atom stereocenters. The summed E-state index contributed by atoms with van der Waals surface area (Å²) in [5.41, 5.74) is 1.32. The molecule has 0 fully saturated rings. The lowest BCUT2D eigenvalue weighted by atomic mass is 10.2. The van der Waals surface area contributed by atoms with Gasteiger partial charge in [0.05, 0.1) is 30.5 Å². The van der Waals surface area contributed by atoms with E-state index in [0.717, 1.165) is 0 Å². The third-order valence-corrected chi connectivity index (χ3v) is 6.35. The van der Waals surface area contributed by atoms with Gasteiger partial charge < -0.3 is 14.8 Å². The number of carbonyl (C=O) groups excluding carboxylic acids is 1. The highest BCUT2D eigenvalue weighted by atomic mass is 32.2. The minimum absolute atomic E-state index is 0.195. The Morgan fingerprint density at radius 3 is 2.17 bits per heavy atom. The second kappa shape index (κ2) is 8.87. The number of amides is 1. The molecule has 0 spiro atoms. The van der Waals surface area contributed by atoms with Crippen molar-refractivity contribution in [2.24, 2.45) is 0 Å². The third-order valence-electron chi connectivity index (χ3n) is 4.55. The monoisotopic (exact) mass is 426 g/mol. The molecule has 0 radical (unpaired) electrons. The highest BCUT2D eigenvalue weighted by molar-refractivity contribution is 7.92. The van der Waals surface area contributed by atoms with Crippen LogP contribution < -0.4 is 19.1 Å². The van der Waals surface area contributed by atoms with Crippen molar-refractivity contribution in [2.75, 3.05) is 30.9 Å². The zero-order valence-corrected chi connectivity index (χ0v) is 17.6. The first kappa shape index (κ1) is 21.2. The molecule has 3 rings (SSSR count). The van der Waals surface area contributed by atoms with Gasteiger partial charge in [-0.1, -0.05) is 18.2 Å². The summed E-state index contributed by atoms with van der Waals surface area (Å²) in [4.78, 5) is 12.8. The molecule has 156 valence electrons. The minimum Gasteiger partial charge on any atom is -0.497 e. The summed E-state index contributed by atoms with van der Waals surface area (Å²) in [6.07, 6.45) is 0. The predicted molar refractivity (Wildman–Crippen MR) is 116 cm³/mol. The van der Waals surface area contributed by atoms with Crippen LogP contribution in [0.25, 0.3) is 0 Å². The van der Waals surface area contributed by atoms with Crippen LogP contribution in [0.3, 0.4) is 0 Å². The van der Waals surface area contributed by atoms with Crippen LogP contribution in [-0.4, -0.2) is 35.6 Å². The Morgan fingerprint density at radius 2 is 1.57 bits per heavy atom. The molecule has 0 saturated carbocycles. The summed E-state index contributed by atoms with van der Waals surface area (Å²) < 4.78 is 37.1. The molecule has 0 aliphatic heterocycles. The van der Waals surface area contributed by atoms with E-state index in [9.17, 15) is 13.2 Å². The number of nitrogens with zero attached hydrogens (tertiary/aromatic N) is 1. The number of anilines is 2. The molecule has 1 N–H and O–H groups in total. The first-order valence-corrected chi connectivity index (χ1v) is 10.5. The second-order valence-electron chi connectivity index (χ2n) is 6.35. The van der Waals surface area contributed by atoms with Crippen LogP contribution >= 0.6 is 0 Å². The van der Waals surface area contributed by atoms with Gasteiger partial charge in [0.1, 0.15) is 11.5 Å². The first-order valence-electron chi connectivity index (χ1n) is 9.04. The number of rotatable bonds is 7. The summed E-state index contributed by atoms with van der Waals surface area (Å²) in [7, 11) is 0.834. The second-order valence-corrected chi connectivity index (χ2v) is 8.32. The van der Waals surface area contributed by atoms with Crippen molar-refractivity contribution in [2.45, 2.75) is 4.90 Å². The molecule has 0 heterocycles. The lowest BCUT2D eigenvalue weighted by Crippen LogP contribution is -2.26. The van der Waals surface area contributed by atoms with Gasteiger partial charge in [-0.25, -0.2) is 8.42 Å². The Balaban J connectivity index is 1.78. The summed E-state index contributed by atoms with van der Waals surface area (Å²) in [6.45, 7) is 0. The Bertz CT molecular complexity index is 1130. The maximum atomic E-state index is 12.7. The van der Waals surface area contributed by atoms with E-state index in [1.54, 1.807) is 67.8 Å². The summed E-state index contributed by atoms with van der Waals surface area (Å²) in [5.74, 6) is 0.725. The van der Waals surface area contributed by atoms with Crippen LogP contribution in [0.1, 0.15) is 10.4 Å². The lowest BCUT2D eigenvalue weighted by Gasteiger charge is -2.19. The maximum absolute atomic E-state index is 12.7. The van der Waals surface area contributed by atoms with E-state index in [4.69, 9.17) is 9.47 Å². The third kappa shape index (κ3) is 4.38. The smallest absolute Gasteiger partial charge is 0.264 e. The molecular formula is C22H22N2O5S. The van der Waals surface area contributed by atoms with Crippen molar-refractivity contribution >= 4 is 27.3 Å². The molecule has 0 saturated heterocycles. The molecule has 30 heavy (non-hydrogen) atoms. The van der Waals surface area contributed by atoms with E-state index in [1.165, 1.54) is 30.6 Å². The molecule has 0 atom stereocenters. The van der Waals surface area contributed by atoms with Gasteiger partial charge in [0, 0.05) is 18.7 Å². The van der Waals surface area contributed by atoms with Crippen molar-refractivity contribution in [3.05, 3.63) is 78.4 Å². The maximum Gasteiger partial charge on any atom is 0.264 e. The van der Waals surface area contributed by atoms with Gasteiger partial charge in [-0.15, -0.1) is 0 Å². The quantitative estimate of drug-likeness (QED) is 0.621. The number of ether oxygens (including phenoxy) is 2. The zero-order chi connectivity index (χ0) is 21.7. The molecule has 1 amide bonds. The Morgan fingerprint density at radius 1 is 0.900 bits per heavy atom. The molecule has 3 aromatic rings. The normalized spacial score (nSPS) is 10.9. The van der Waals surface area contributed by atoms with Crippen LogP contribution in [0.15, 0.2) is 77.7 Å². The largest absolute Gasteiger partial charge is 0.497 e. The lowest BCUT2D eigenvalue weighted by molar-refractivity contribution is 0.102. The fourth-order valence-corrected chi connectivity index (χ4v) is 4.02. The van der Waals surface area contributed by atoms with Crippen LogP contribution in [-0.2, 0) is 10.0 Å². The van der Waals surface area contributed by atoms with Gasteiger partial charge in [0.15, 0.2) is 0 Å². The summed E-state index contributed by atoms with van der Waals surface area (Å²) in [6, 6.07) is 19.5. The van der Waals surface area contributed by atoms with Crippen LogP contribution in [0.5, 0.6) is 11.5 Å². The topological polar surface area (TPSA) is 84.9 Å². The van der Waals surface area contributed by atoms with E-state index < -0.39 is 10.0 Å². The average Bonchev–Trinajstić information content (AvgIpc) is 2.79. The first-order chi connectivity index (χ1) is 14.4. The molecule has 0 bridgehead atoms. The average molecular weight is 426 g/mol. The van der Waals surface area contributed by atoms with Crippen molar-refractivity contribution in [1.82, 2.24) is 0 Å². The van der Waals surface area contributed by atoms with E-state index in [-0.39, 0.29) is 10.8 Å². The number of methoxy groups -OCH3 is 2. The van der Waals surface area contributed by atoms with Crippen LogP contribution in [0.2, 0.25) is 0 Å². The number of nitrogens with one attached hydrogen (secondary N) is 1. The van der Waals surface area contributed by atoms with Crippen molar-refractivity contribution in [1.29, 1.82) is 0 Å². The van der Waals surface area contributed by atoms with Gasteiger partial charge in [0.2, 0.25) is 0 Å². The molecule has 7 nitrogen and oxygen atoms in total. The van der Waals surface area contributed by atoms with E-state index in [2.05, 4.69) is 5.32 Å². The molecule has 0 aliphatic rings. The van der Waals surface area contributed by atoms with Gasteiger partial charge in [-0.2, -0.15) is 0 Å². The minimum atomic E-state index is -3.68. The number of hydrogen-bond acceptors (Lipinski definition) is 5. The Labute approximate surface area is 175 Å². The van der Waals surface area contributed by atoms with Crippen molar-refractivity contribution < 1.29 is 22.7 Å². The fourth-order valence-electron chi connectivity index (χ4n) is 2.81. The molecule has 8 heteroatoms. The standard InChI is InChI=1S/C22H22N2O5S/c1-24(30(26,27)19-7-5-4-6-8-19)17-11-9-16(10-12-17)22(25)23-20-14-13-18(28-2)15-21(20)29-3/h4-15H,1-3H3,(H,23,25). The molecule has 0 aromatic heterocycles. The van der Waals surface area contributed by atoms with Gasteiger partial charge in [-0.3, -0.25) is 9.10 Å². The fraction of sp³-hybridized carbons (Fsp3) is 0.136. The molecule has 0 aliphatic carbocycles. The van der Waals surface area contributed by atoms with Crippen LogP contribution in [0.4, 0.5) is 11.4 Å². The Kier molecular flexibility index (Phi) is 6.27. The van der Waals surface area contributed by atoms with Gasteiger partial charge in [-0.05, 0) is 48.5 Å². The van der Waals surface area contributed by atoms with Gasteiger partial charge >= 0.3 is 0 Å². The zero-order valence-electron chi connectivity index (χ0n) is 16.8. The summed E-state index contributed by atoms with van der Waals surface area (Å²) >= 11 is 0. The summed E-state index contributed by atoms with van der Waals surface area (Å²) in [5, 5.41) is 2.78. The Hall–Kier alpha value is -3.52. The van der Waals surface area contributed by atoms with E-state index in [0.29, 0.717) is 28.4 Å². The molecule has 3 aromatic carbocycles. The highest BCUT2D eigenvalue weighted by Gasteiger charge is 2.21. The van der Waals surface area contributed by atoms with E-state index >= 15 is 0 Å². The number of carbonyl (C=O) groups is 1. The van der Waals surface area contributed by atoms with E-state index in [1.807, 2.05) is 0 Å². The SMILES string of the molecule is COc1ccc(NC(=O)c2ccc(N(C)S(=O)(=O)c3ccccc3)cc2)c(OC)c1. The molecular weight excluding hydrogens is 404 g/mol. The van der Waals surface area contributed by atoms with Crippen molar-refractivity contribution in [3.8, 4) is 11.5 Å². The number of hydrogen-bond donors (Lipinski definition) is 1.